The van der Waals surface area contributed by atoms with Gasteiger partial charge in [-0.05, 0) is 11.1 Å². The monoisotopic (exact) mass is 398 g/mol. The van der Waals surface area contributed by atoms with E-state index in [1.54, 1.807) is 14.1 Å². The van der Waals surface area contributed by atoms with E-state index in [1.165, 1.54) is 11.9 Å². The van der Waals surface area contributed by atoms with Gasteiger partial charge in [0.15, 0.2) is 0 Å². The largest absolute Gasteiger partial charge is 0.458 e. The first-order valence-electron chi connectivity index (χ1n) is 9.23. The van der Waals surface area contributed by atoms with Gasteiger partial charge in [-0.25, -0.2) is 9.59 Å². The average Bonchev–Trinajstić information content (AvgIpc) is 2.72. The Morgan fingerprint density at radius 3 is 1.97 bits per heavy atom. The van der Waals surface area contributed by atoms with Crippen molar-refractivity contribution in [2.45, 2.75) is 19.1 Å². The fourth-order valence-electron chi connectivity index (χ4n) is 2.44. The Morgan fingerprint density at radius 2 is 1.41 bits per heavy atom. The smallest absolute Gasteiger partial charge is 0.410 e. The van der Waals surface area contributed by atoms with Crippen molar-refractivity contribution in [1.29, 1.82) is 0 Å². The van der Waals surface area contributed by atoms with E-state index in [0.29, 0.717) is 0 Å². The van der Waals surface area contributed by atoms with Crippen molar-refractivity contribution in [2.75, 3.05) is 27.7 Å². The van der Waals surface area contributed by atoms with Crippen molar-refractivity contribution in [1.82, 2.24) is 9.80 Å². The van der Waals surface area contributed by atoms with Crippen LogP contribution in [0.15, 0.2) is 60.7 Å². The van der Waals surface area contributed by atoms with Crippen molar-refractivity contribution in [3.8, 4) is 0 Å². The highest BCUT2D eigenvalue weighted by atomic mass is 16.6. The van der Waals surface area contributed by atoms with Gasteiger partial charge in [-0.15, -0.1) is 0 Å². The lowest BCUT2D eigenvalue weighted by Gasteiger charge is -2.22. The number of hydrogen-bond acceptors (Lipinski definition) is 5. The zero-order valence-corrected chi connectivity index (χ0v) is 16.9. The molecule has 7 heteroatoms. The number of nitrogens with zero attached hydrogens (tertiary/aromatic N) is 2. The predicted molar refractivity (Wildman–Crippen MR) is 108 cm³/mol. The van der Waals surface area contributed by atoms with E-state index in [2.05, 4.69) is 0 Å². The lowest BCUT2D eigenvalue weighted by atomic mass is 10.1. The number of ether oxygens (including phenoxy) is 2. The Kier molecular flexibility index (Phi) is 8.21. The molecule has 2 rings (SSSR count). The van der Waals surface area contributed by atoms with Gasteiger partial charge < -0.3 is 19.3 Å². The van der Waals surface area contributed by atoms with E-state index in [1.807, 2.05) is 60.7 Å². The first-order chi connectivity index (χ1) is 13.9. The van der Waals surface area contributed by atoms with Crippen molar-refractivity contribution in [3.63, 3.8) is 0 Å². The quantitative estimate of drug-likeness (QED) is 0.639. The summed E-state index contributed by atoms with van der Waals surface area (Å²) in [5.74, 6) is -0.894. The van der Waals surface area contributed by atoms with E-state index >= 15 is 0 Å². The number of carbonyl (C=O) groups is 3. The SMILES string of the molecule is CN(C)C(=O)CN(C)C(=O)O[C@@H](Cc1ccccc1)C(=O)OCc1ccccc1. The number of amides is 2. The van der Waals surface area contributed by atoms with Gasteiger partial charge in [0.05, 0.1) is 0 Å². The molecule has 0 aromatic heterocycles. The minimum Gasteiger partial charge on any atom is -0.458 e. The summed E-state index contributed by atoms with van der Waals surface area (Å²) in [7, 11) is 4.64. The van der Waals surface area contributed by atoms with E-state index < -0.39 is 18.2 Å². The molecule has 29 heavy (non-hydrogen) atoms. The predicted octanol–water partition coefficient (Wildman–Crippen LogP) is 2.50. The maximum Gasteiger partial charge on any atom is 0.410 e. The van der Waals surface area contributed by atoms with Crippen molar-refractivity contribution in [2.24, 2.45) is 0 Å². The highest BCUT2D eigenvalue weighted by molar-refractivity contribution is 5.83. The van der Waals surface area contributed by atoms with Gasteiger partial charge in [0.25, 0.3) is 0 Å². The summed E-state index contributed by atoms with van der Waals surface area (Å²) in [6, 6.07) is 18.5. The van der Waals surface area contributed by atoms with Crippen molar-refractivity contribution >= 4 is 18.0 Å². The molecule has 154 valence electrons. The van der Waals surface area contributed by atoms with Crippen LogP contribution in [0, 0.1) is 0 Å². The molecule has 0 bridgehead atoms. The second-order valence-electron chi connectivity index (χ2n) is 6.80. The van der Waals surface area contributed by atoms with E-state index in [4.69, 9.17) is 9.47 Å². The lowest BCUT2D eigenvalue weighted by molar-refractivity contribution is -0.155. The van der Waals surface area contributed by atoms with Crippen LogP contribution in [0.1, 0.15) is 11.1 Å². The Bertz CT molecular complexity index is 808. The molecule has 0 aliphatic heterocycles. The van der Waals surface area contributed by atoms with Gasteiger partial charge >= 0.3 is 12.1 Å². The van der Waals surface area contributed by atoms with Crippen molar-refractivity contribution in [3.05, 3.63) is 71.8 Å². The summed E-state index contributed by atoms with van der Waals surface area (Å²) in [5, 5.41) is 0. The molecule has 2 aromatic rings. The molecule has 2 amide bonds. The third kappa shape index (κ3) is 7.29. The summed E-state index contributed by atoms with van der Waals surface area (Å²) < 4.78 is 10.7. The molecule has 2 aromatic carbocycles. The van der Waals surface area contributed by atoms with Gasteiger partial charge in [0.2, 0.25) is 12.0 Å². The highest BCUT2D eigenvalue weighted by Gasteiger charge is 2.27. The second-order valence-corrected chi connectivity index (χ2v) is 6.80. The minimum atomic E-state index is -1.12. The normalized spacial score (nSPS) is 11.3. The van der Waals surface area contributed by atoms with Crippen LogP contribution in [-0.4, -0.2) is 61.6 Å². The molecule has 0 unspecified atom stereocenters. The Balaban J connectivity index is 2.04. The maximum absolute atomic E-state index is 12.6. The molecule has 0 aliphatic rings. The van der Waals surface area contributed by atoms with Crippen LogP contribution < -0.4 is 0 Å². The van der Waals surface area contributed by atoms with E-state index in [0.717, 1.165) is 16.0 Å². The first-order valence-corrected chi connectivity index (χ1v) is 9.23. The molecule has 0 radical (unpaired) electrons. The van der Waals surface area contributed by atoms with Crippen LogP contribution in [0.4, 0.5) is 4.79 Å². The number of likely N-dealkylation sites (N-methyl/N-ethyl adjacent to an activating group) is 2. The summed E-state index contributed by atoms with van der Waals surface area (Å²) >= 11 is 0. The van der Waals surface area contributed by atoms with E-state index in [-0.39, 0.29) is 25.5 Å². The molecular weight excluding hydrogens is 372 g/mol. The van der Waals surface area contributed by atoms with Gasteiger partial charge in [0.1, 0.15) is 13.2 Å². The topological polar surface area (TPSA) is 76.2 Å². The highest BCUT2D eigenvalue weighted by Crippen LogP contribution is 2.11. The first kappa shape index (κ1) is 21.9. The number of esters is 1. The number of carbonyl (C=O) groups excluding carboxylic acids is 3. The molecule has 7 nitrogen and oxygen atoms in total. The molecule has 1 atom stereocenters. The summed E-state index contributed by atoms with van der Waals surface area (Å²) in [6.45, 7) is -0.0690. The lowest BCUT2D eigenvalue weighted by Crippen LogP contribution is -2.41. The average molecular weight is 398 g/mol. The Labute approximate surface area is 170 Å². The Morgan fingerprint density at radius 1 is 0.862 bits per heavy atom. The number of hydrogen-bond donors (Lipinski definition) is 0. The van der Waals surface area contributed by atoms with E-state index in [9.17, 15) is 14.4 Å². The summed E-state index contributed by atoms with van der Waals surface area (Å²) in [5.41, 5.74) is 1.66. The maximum atomic E-state index is 12.6. The molecule has 0 aliphatic carbocycles. The number of benzene rings is 2. The van der Waals surface area contributed by atoms with Gasteiger partial charge in [-0.1, -0.05) is 60.7 Å². The van der Waals surface area contributed by atoms with Gasteiger partial charge in [0, 0.05) is 27.6 Å². The van der Waals surface area contributed by atoms with Crippen LogP contribution in [0.25, 0.3) is 0 Å². The summed E-state index contributed by atoms with van der Waals surface area (Å²) in [6.07, 6.45) is -1.71. The molecule has 0 fully saturated rings. The van der Waals surface area contributed by atoms with Gasteiger partial charge in [-0.3, -0.25) is 4.79 Å². The third-order valence-electron chi connectivity index (χ3n) is 4.18. The third-order valence-corrected chi connectivity index (χ3v) is 4.18. The van der Waals surface area contributed by atoms with Crippen LogP contribution in [0.3, 0.4) is 0 Å². The van der Waals surface area contributed by atoms with Crippen LogP contribution >= 0.6 is 0 Å². The molecular formula is C22H26N2O5. The van der Waals surface area contributed by atoms with Crippen LogP contribution in [-0.2, 0) is 32.1 Å². The van der Waals surface area contributed by atoms with Gasteiger partial charge in [-0.2, -0.15) is 0 Å². The molecule has 0 saturated heterocycles. The van der Waals surface area contributed by atoms with Crippen molar-refractivity contribution < 1.29 is 23.9 Å². The fraction of sp³-hybridized carbons (Fsp3) is 0.318. The zero-order chi connectivity index (χ0) is 21.2. The minimum absolute atomic E-state index is 0.0808. The summed E-state index contributed by atoms with van der Waals surface area (Å²) in [4.78, 5) is 39.3. The zero-order valence-electron chi connectivity index (χ0n) is 16.9. The van der Waals surface area contributed by atoms with Crippen LogP contribution in [0.5, 0.6) is 0 Å². The molecule has 0 saturated carbocycles. The standard InChI is InChI=1S/C22H26N2O5/c1-23(2)20(25)15-24(3)22(27)29-19(14-17-10-6-4-7-11-17)21(26)28-16-18-12-8-5-9-13-18/h4-13,19H,14-16H2,1-3H3/t19-/m0/s1. The molecule has 0 N–H and O–H groups in total. The molecule has 0 spiro atoms. The second kappa shape index (κ2) is 10.8. The fourth-order valence-corrected chi connectivity index (χ4v) is 2.44. The number of rotatable bonds is 8. The Hall–Kier alpha value is -3.35. The van der Waals surface area contributed by atoms with Crippen LogP contribution in [0.2, 0.25) is 0 Å². The molecule has 0 heterocycles.